The molecule has 5 heteroatoms. The zero-order chi connectivity index (χ0) is 13.8. The van der Waals surface area contributed by atoms with E-state index in [0.29, 0.717) is 37.1 Å². The molecule has 19 heavy (non-hydrogen) atoms. The molecule has 0 aromatic heterocycles. The highest BCUT2D eigenvalue weighted by molar-refractivity contribution is 5.94. The summed E-state index contributed by atoms with van der Waals surface area (Å²) in [4.78, 5) is 25.0. The van der Waals surface area contributed by atoms with Crippen LogP contribution in [0.5, 0.6) is 0 Å². The highest BCUT2D eigenvalue weighted by atomic mass is 16.2. The van der Waals surface area contributed by atoms with Crippen LogP contribution in [0.15, 0.2) is 24.3 Å². The molecule has 1 heterocycles. The van der Waals surface area contributed by atoms with E-state index < -0.39 is 0 Å². The Morgan fingerprint density at radius 1 is 1.21 bits per heavy atom. The number of hydrogen-bond donors (Lipinski definition) is 1. The number of piperidine rings is 1. The maximum Gasteiger partial charge on any atom is 0.253 e. The summed E-state index contributed by atoms with van der Waals surface area (Å²) in [6, 6.07) is 8.58. The molecule has 0 saturated carbocycles. The first-order valence-electron chi connectivity index (χ1n) is 6.20. The van der Waals surface area contributed by atoms with E-state index in [0.717, 1.165) is 0 Å². The number of nitrogens with two attached hydrogens (primary N) is 1. The molecule has 0 atom stereocenters. The first-order valence-corrected chi connectivity index (χ1v) is 6.20. The van der Waals surface area contributed by atoms with Gasteiger partial charge in [-0.1, -0.05) is 0 Å². The number of likely N-dealkylation sites (tertiary alicyclic amines) is 1. The van der Waals surface area contributed by atoms with E-state index in [1.54, 1.807) is 29.2 Å². The van der Waals surface area contributed by atoms with Crippen LogP contribution in [0, 0.1) is 17.2 Å². The van der Waals surface area contributed by atoms with Crippen molar-refractivity contribution < 1.29 is 9.59 Å². The molecule has 1 aliphatic rings. The van der Waals surface area contributed by atoms with Crippen LogP contribution >= 0.6 is 0 Å². The number of hydrogen-bond acceptors (Lipinski definition) is 3. The monoisotopic (exact) mass is 257 g/mol. The topological polar surface area (TPSA) is 87.2 Å². The summed E-state index contributed by atoms with van der Waals surface area (Å²) in [6.07, 6.45) is 1.24. The van der Waals surface area contributed by atoms with Gasteiger partial charge in [0, 0.05) is 24.6 Å². The van der Waals surface area contributed by atoms with Crippen molar-refractivity contribution in [2.45, 2.75) is 12.8 Å². The normalized spacial score (nSPS) is 15.8. The maximum absolute atomic E-state index is 12.2. The van der Waals surface area contributed by atoms with Gasteiger partial charge in [0.15, 0.2) is 0 Å². The third-order valence-corrected chi connectivity index (χ3v) is 3.45. The third kappa shape index (κ3) is 2.91. The fourth-order valence-electron chi connectivity index (χ4n) is 2.24. The molecule has 1 aliphatic heterocycles. The Labute approximate surface area is 111 Å². The lowest BCUT2D eigenvalue weighted by Crippen LogP contribution is -2.41. The van der Waals surface area contributed by atoms with Crippen molar-refractivity contribution in [3.8, 4) is 6.07 Å². The largest absolute Gasteiger partial charge is 0.369 e. The van der Waals surface area contributed by atoms with Crippen molar-refractivity contribution >= 4 is 11.8 Å². The molecule has 0 aliphatic carbocycles. The van der Waals surface area contributed by atoms with Gasteiger partial charge >= 0.3 is 0 Å². The number of nitrogens with zero attached hydrogens (tertiary/aromatic N) is 2. The van der Waals surface area contributed by atoms with Crippen LogP contribution in [0.1, 0.15) is 28.8 Å². The lowest BCUT2D eigenvalue weighted by Gasteiger charge is -2.30. The summed E-state index contributed by atoms with van der Waals surface area (Å²) < 4.78 is 0. The second kappa shape index (κ2) is 5.53. The molecular formula is C14H15N3O2. The summed E-state index contributed by atoms with van der Waals surface area (Å²) in [5, 5.41) is 8.71. The summed E-state index contributed by atoms with van der Waals surface area (Å²) in [6.45, 7) is 1.10. The van der Waals surface area contributed by atoms with E-state index in [4.69, 9.17) is 11.0 Å². The average Bonchev–Trinajstić information content (AvgIpc) is 2.46. The van der Waals surface area contributed by atoms with E-state index in [1.165, 1.54) is 0 Å². The smallest absolute Gasteiger partial charge is 0.253 e. The Morgan fingerprint density at radius 3 is 2.26 bits per heavy atom. The van der Waals surface area contributed by atoms with Crippen LogP contribution < -0.4 is 5.73 Å². The van der Waals surface area contributed by atoms with E-state index in [9.17, 15) is 9.59 Å². The second-order valence-corrected chi connectivity index (χ2v) is 4.66. The van der Waals surface area contributed by atoms with Gasteiger partial charge in [-0.25, -0.2) is 0 Å². The van der Waals surface area contributed by atoms with Crippen LogP contribution in [0.2, 0.25) is 0 Å². The van der Waals surface area contributed by atoms with Gasteiger partial charge in [0.2, 0.25) is 5.91 Å². The number of benzene rings is 1. The van der Waals surface area contributed by atoms with Gasteiger partial charge in [0.25, 0.3) is 5.91 Å². The molecule has 1 fully saturated rings. The van der Waals surface area contributed by atoms with Crippen molar-refractivity contribution in [1.29, 1.82) is 5.26 Å². The minimum Gasteiger partial charge on any atom is -0.369 e. The Morgan fingerprint density at radius 2 is 1.79 bits per heavy atom. The lowest BCUT2D eigenvalue weighted by atomic mass is 9.96. The zero-order valence-electron chi connectivity index (χ0n) is 10.5. The lowest BCUT2D eigenvalue weighted by molar-refractivity contribution is -0.123. The standard InChI is InChI=1S/C14H15N3O2/c15-9-10-1-3-12(4-2-10)14(19)17-7-5-11(6-8-17)13(16)18/h1-4,11H,5-8H2,(H2,16,18). The van der Waals surface area contributed by atoms with Crippen molar-refractivity contribution in [3.63, 3.8) is 0 Å². The first kappa shape index (κ1) is 13.1. The van der Waals surface area contributed by atoms with Crippen molar-refractivity contribution in [1.82, 2.24) is 4.90 Å². The van der Waals surface area contributed by atoms with Gasteiger partial charge < -0.3 is 10.6 Å². The molecular weight excluding hydrogens is 242 g/mol. The Hall–Kier alpha value is -2.35. The summed E-state index contributed by atoms with van der Waals surface area (Å²) >= 11 is 0. The van der Waals surface area contributed by atoms with Gasteiger partial charge in [-0.2, -0.15) is 5.26 Å². The van der Waals surface area contributed by atoms with Crippen LogP contribution in [0.4, 0.5) is 0 Å². The van der Waals surface area contributed by atoms with Gasteiger partial charge in [-0.3, -0.25) is 9.59 Å². The summed E-state index contributed by atoms with van der Waals surface area (Å²) in [5.41, 5.74) is 6.36. The molecule has 1 aromatic rings. The van der Waals surface area contributed by atoms with E-state index in [2.05, 4.69) is 0 Å². The van der Waals surface area contributed by atoms with Crippen LogP contribution in [-0.2, 0) is 4.79 Å². The van der Waals surface area contributed by atoms with Gasteiger partial charge in [0.05, 0.1) is 11.6 Å². The van der Waals surface area contributed by atoms with Crippen LogP contribution in [0.3, 0.4) is 0 Å². The average molecular weight is 257 g/mol. The Kier molecular flexibility index (Phi) is 3.81. The van der Waals surface area contributed by atoms with Crippen molar-refractivity contribution in [2.75, 3.05) is 13.1 Å². The molecule has 0 bridgehead atoms. The molecule has 2 N–H and O–H groups in total. The minimum atomic E-state index is -0.287. The molecule has 0 spiro atoms. The van der Waals surface area contributed by atoms with E-state index >= 15 is 0 Å². The Balaban J connectivity index is 2.01. The second-order valence-electron chi connectivity index (χ2n) is 4.66. The van der Waals surface area contributed by atoms with Gasteiger partial charge in [0.1, 0.15) is 0 Å². The maximum atomic E-state index is 12.2. The number of carbonyl (C=O) groups is 2. The highest BCUT2D eigenvalue weighted by Gasteiger charge is 2.26. The zero-order valence-corrected chi connectivity index (χ0v) is 10.5. The number of rotatable bonds is 2. The molecule has 1 aromatic carbocycles. The molecule has 5 nitrogen and oxygen atoms in total. The fourth-order valence-corrected chi connectivity index (χ4v) is 2.24. The quantitative estimate of drug-likeness (QED) is 0.853. The molecule has 0 radical (unpaired) electrons. The number of nitriles is 1. The SMILES string of the molecule is N#Cc1ccc(C(=O)N2CCC(C(N)=O)CC2)cc1. The first-order chi connectivity index (χ1) is 9.11. The number of carbonyl (C=O) groups excluding carboxylic acids is 2. The van der Waals surface area contributed by atoms with Crippen molar-refractivity contribution in [3.05, 3.63) is 35.4 Å². The molecule has 1 saturated heterocycles. The van der Waals surface area contributed by atoms with Crippen molar-refractivity contribution in [2.24, 2.45) is 11.7 Å². The Bertz CT molecular complexity index is 523. The number of primary amides is 1. The third-order valence-electron chi connectivity index (χ3n) is 3.45. The predicted octanol–water partition coefficient (Wildman–Crippen LogP) is 0.896. The number of amides is 2. The predicted molar refractivity (Wildman–Crippen MR) is 69.0 cm³/mol. The van der Waals surface area contributed by atoms with E-state index in [1.807, 2.05) is 6.07 Å². The molecule has 2 rings (SSSR count). The fraction of sp³-hybridized carbons (Fsp3) is 0.357. The van der Waals surface area contributed by atoms with Crippen LogP contribution in [-0.4, -0.2) is 29.8 Å². The summed E-state index contributed by atoms with van der Waals surface area (Å²) in [5.74, 6) is -0.470. The van der Waals surface area contributed by atoms with Gasteiger partial charge in [-0.05, 0) is 37.1 Å². The minimum absolute atomic E-state index is 0.0626. The highest BCUT2D eigenvalue weighted by Crippen LogP contribution is 2.18. The molecule has 0 unspecified atom stereocenters. The van der Waals surface area contributed by atoms with Crippen LogP contribution in [0.25, 0.3) is 0 Å². The molecule has 98 valence electrons. The molecule has 2 amide bonds. The van der Waals surface area contributed by atoms with Gasteiger partial charge in [-0.15, -0.1) is 0 Å². The van der Waals surface area contributed by atoms with E-state index in [-0.39, 0.29) is 17.7 Å². The summed E-state index contributed by atoms with van der Waals surface area (Å²) in [7, 11) is 0.